The van der Waals surface area contributed by atoms with Crippen molar-refractivity contribution in [1.29, 1.82) is 0 Å². The van der Waals surface area contributed by atoms with Crippen molar-refractivity contribution in [3.8, 4) is 0 Å². The Kier molecular flexibility index (Phi) is 6.64. The predicted octanol–water partition coefficient (Wildman–Crippen LogP) is 2.37. The van der Waals surface area contributed by atoms with Gasteiger partial charge in [0.05, 0.1) is 6.21 Å². The minimum atomic E-state index is -0.358. The first-order valence-corrected chi connectivity index (χ1v) is 7.51. The van der Waals surface area contributed by atoms with E-state index in [0.29, 0.717) is 12.1 Å². The lowest BCUT2D eigenvalue weighted by atomic mass is 10.2. The van der Waals surface area contributed by atoms with E-state index in [1.807, 2.05) is 30.3 Å². The van der Waals surface area contributed by atoms with Gasteiger partial charge in [-0.3, -0.25) is 9.59 Å². The number of halogens is 1. The van der Waals surface area contributed by atoms with Crippen LogP contribution >= 0.6 is 0 Å². The third kappa shape index (κ3) is 6.39. The van der Waals surface area contributed by atoms with E-state index in [1.54, 1.807) is 12.1 Å². The highest BCUT2D eigenvalue weighted by molar-refractivity contribution is 5.85. The van der Waals surface area contributed by atoms with Gasteiger partial charge in [0.2, 0.25) is 11.8 Å². The predicted molar refractivity (Wildman–Crippen MR) is 89.7 cm³/mol. The lowest BCUT2D eigenvalue weighted by molar-refractivity contribution is -0.126. The van der Waals surface area contributed by atoms with Crippen LogP contribution in [0.1, 0.15) is 24.0 Å². The maximum atomic E-state index is 12.7. The summed E-state index contributed by atoms with van der Waals surface area (Å²) in [6.45, 7) is 0.435. The number of amides is 2. The van der Waals surface area contributed by atoms with Gasteiger partial charge in [-0.25, -0.2) is 9.82 Å². The zero-order chi connectivity index (χ0) is 17.2. The molecule has 0 unspecified atom stereocenters. The topological polar surface area (TPSA) is 70.6 Å². The van der Waals surface area contributed by atoms with Crippen LogP contribution in [0.25, 0.3) is 0 Å². The van der Waals surface area contributed by atoms with E-state index in [2.05, 4.69) is 15.8 Å². The van der Waals surface area contributed by atoms with Crippen molar-refractivity contribution in [2.45, 2.75) is 19.4 Å². The molecular formula is C18H18FN3O2. The van der Waals surface area contributed by atoms with Crippen LogP contribution in [-0.2, 0) is 16.1 Å². The molecule has 0 saturated carbocycles. The summed E-state index contributed by atoms with van der Waals surface area (Å²) in [4.78, 5) is 23.3. The van der Waals surface area contributed by atoms with Crippen LogP contribution in [0.5, 0.6) is 0 Å². The average Bonchev–Trinajstić information content (AvgIpc) is 2.61. The summed E-state index contributed by atoms with van der Waals surface area (Å²) in [5.41, 5.74) is 4.00. The summed E-state index contributed by atoms with van der Waals surface area (Å²) < 4.78 is 12.7. The molecule has 2 amide bonds. The largest absolute Gasteiger partial charge is 0.352 e. The van der Waals surface area contributed by atoms with Gasteiger partial charge in [0, 0.05) is 19.4 Å². The van der Waals surface area contributed by atoms with Crippen LogP contribution in [0.2, 0.25) is 0 Å². The third-order valence-electron chi connectivity index (χ3n) is 3.18. The summed E-state index contributed by atoms with van der Waals surface area (Å²) >= 11 is 0. The Balaban J connectivity index is 1.65. The van der Waals surface area contributed by atoms with Gasteiger partial charge in [0.25, 0.3) is 0 Å². The van der Waals surface area contributed by atoms with Crippen LogP contribution in [-0.4, -0.2) is 18.0 Å². The molecule has 0 fully saturated rings. The molecule has 0 saturated heterocycles. The van der Waals surface area contributed by atoms with Gasteiger partial charge in [-0.15, -0.1) is 0 Å². The van der Waals surface area contributed by atoms with Gasteiger partial charge in [-0.1, -0.05) is 42.5 Å². The molecule has 0 aliphatic rings. The number of hydrogen-bond acceptors (Lipinski definition) is 3. The Morgan fingerprint density at radius 1 is 0.958 bits per heavy atom. The molecule has 0 aliphatic heterocycles. The van der Waals surface area contributed by atoms with Crippen LogP contribution in [0.4, 0.5) is 4.39 Å². The fourth-order valence-corrected chi connectivity index (χ4v) is 1.90. The van der Waals surface area contributed by atoms with E-state index in [0.717, 1.165) is 5.56 Å². The molecule has 124 valence electrons. The van der Waals surface area contributed by atoms with Crippen molar-refractivity contribution in [1.82, 2.24) is 10.7 Å². The fraction of sp³-hybridized carbons (Fsp3) is 0.167. The molecule has 0 bridgehead atoms. The third-order valence-corrected chi connectivity index (χ3v) is 3.18. The van der Waals surface area contributed by atoms with E-state index in [1.165, 1.54) is 18.3 Å². The van der Waals surface area contributed by atoms with Crippen molar-refractivity contribution in [3.05, 3.63) is 71.5 Å². The number of nitrogens with zero attached hydrogens (tertiary/aromatic N) is 1. The summed E-state index contributed by atoms with van der Waals surface area (Å²) in [6.07, 6.45) is 1.54. The van der Waals surface area contributed by atoms with Crippen LogP contribution in [0.3, 0.4) is 0 Å². The Hall–Kier alpha value is -3.02. The maximum absolute atomic E-state index is 12.7. The highest BCUT2D eigenvalue weighted by Gasteiger charge is 2.06. The van der Waals surface area contributed by atoms with Crippen molar-refractivity contribution in [2.24, 2.45) is 5.10 Å². The fourth-order valence-electron chi connectivity index (χ4n) is 1.90. The first kappa shape index (κ1) is 17.3. The van der Waals surface area contributed by atoms with Crippen molar-refractivity contribution in [2.75, 3.05) is 0 Å². The highest BCUT2D eigenvalue weighted by atomic mass is 19.1. The number of benzene rings is 2. The van der Waals surface area contributed by atoms with Crippen LogP contribution in [0.15, 0.2) is 59.7 Å². The molecule has 0 atom stereocenters. The van der Waals surface area contributed by atoms with E-state index < -0.39 is 0 Å². The SMILES string of the molecule is O=C(CCC(=O)N/N=C/c1ccc(F)cc1)NCc1ccccc1. The van der Waals surface area contributed by atoms with Gasteiger partial charge < -0.3 is 5.32 Å². The molecule has 6 heteroatoms. The first-order valence-electron chi connectivity index (χ1n) is 7.51. The highest BCUT2D eigenvalue weighted by Crippen LogP contribution is 2.00. The molecular weight excluding hydrogens is 309 g/mol. The Bertz CT molecular complexity index is 700. The molecule has 5 nitrogen and oxygen atoms in total. The van der Waals surface area contributed by atoms with Crippen molar-refractivity contribution < 1.29 is 14.0 Å². The van der Waals surface area contributed by atoms with E-state index in [4.69, 9.17) is 0 Å². The summed E-state index contributed by atoms with van der Waals surface area (Å²) in [6, 6.07) is 15.2. The van der Waals surface area contributed by atoms with Gasteiger partial charge in [0.1, 0.15) is 5.82 Å². The number of carbonyl (C=O) groups is 2. The zero-order valence-corrected chi connectivity index (χ0v) is 13.0. The normalized spacial score (nSPS) is 10.5. The van der Waals surface area contributed by atoms with Gasteiger partial charge in [0.15, 0.2) is 0 Å². The monoisotopic (exact) mass is 327 g/mol. The molecule has 2 aromatic rings. The summed E-state index contributed by atoms with van der Waals surface area (Å²) in [7, 11) is 0. The maximum Gasteiger partial charge on any atom is 0.240 e. The number of rotatable bonds is 7. The smallest absolute Gasteiger partial charge is 0.240 e. The summed E-state index contributed by atoms with van der Waals surface area (Å²) in [5, 5.41) is 6.51. The second-order valence-electron chi connectivity index (χ2n) is 5.11. The molecule has 0 spiro atoms. The second-order valence-corrected chi connectivity index (χ2v) is 5.11. The lowest BCUT2D eigenvalue weighted by Gasteiger charge is -2.04. The average molecular weight is 327 g/mol. The number of hydrogen-bond donors (Lipinski definition) is 2. The molecule has 2 N–H and O–H groups in total. The van der Waals surface area contributed by atoms with Crippen LogP contribution < -0.4 is 10.7 Å². The molecule has 2 aromatic carbocycles. The molecule has 0 aromatic heterocycles. The van der Waals surface area contributed by atoms with Crippen molar-refractivity contribution >= 4 is 18.0 Å². The minimum Gasteiger partial charge on any atom is -0.352 e. The Labute approximate surface area is 139 Å². The molecule has 0 radical (unpaired) electrons. The number of carbonyl (C=O) groups excluding carboxylic acids is 2. The molecule has 0 aliphatic carbocycles. The molecule has 24 heavy (non-hydrogen) atoms. The first-order chi connectivity index (χ1) is 11.6. The Morgan fingerprint density at radius 2 is 1.62 bits per heavy atom. The quantitative estimate of drug-likeness (QED) is 0.605. The number of hydrazone groups is 1. The lowest BCUT2D eigenvalue weighted by Crippen LogP contribution is -2.25. The van der Waals surface area contributed by atoms with Gasteiger partial charge in [-0.05, 0) is 23.3 Å². The zero-order valence-electron chi connectivity index (χ0n) is 13.0. The van der Waals surface area contributed by atoms with Crippen molar-refractivity contribution in [3.63, 3.8) is 0 Å². The summed E-state index contributed by atoms with van der Waals surface area (Å²) in [5.74, 6) is -0.891. The Morgan fingerprint density at radius 3 is 2.33 bits per heavy atom. The van der Waals surface area contributed by atoms with Gasteiger partial charge in [-0.2, -0.15) is 5.10 Å². The van der Waals surface area contributed by atoms with Crippen LogP contribution in [0, 0.1) is 5.82 Å². The molecule has 0 heterocycles. The molecule has 2 rings (SSSR count). The van der Waals surface area contributed by atoms with E-state index in [-0.39, 0.29) is 30.5 Å². The van der Waals surface area contributed by atoms with E-state index in [9.17, 15) is 14.0 Å². The second kappa shape index (κ2) is 9.19. The number of nitrogens with one attached hydrogen (secondary N) is 2. The van der Waals surface area contributed by atoms with Gasteiger partial charge >= 0.3 is 0 Å². The van der Waals surface area contributed by atoms with E-state index >= 15 is 0 Å². The minimum absolute atomic E-state index is 0.0430. The standard InChI is InChI=1S/C18H18FN3O2/c19-16-8-6-15(7-9-16)13-21-22-18(24)11-10-17(23)20-12-14-4-2-1-3-5-14/h1-9,13H,10-12H2,(H,20,23)(H,22,24)/b21-13+.